The van der Waals surface area contributed by atoms with E-state index in [2.05, 4.69) is 39.3 Å². The van der Waals surface area contributed by atoms with E-state index in [4.69, 9.17) is 14.7 Å². The molecule has 6 rings (SSSR count). The first-order valence-corrected chi connectivity index (χ1v) is 14.2. The molecule has 3 heterocycles. The highest BCUT2D eigenvalue weighted by Crippen LogP contribution is 2.30. The first-order valence-electron chi connectivity index (χ1n) is 14.2. The fourth-order valence-electron chi connectivity index (χ4n) is 5.05. The maximum Gasteiger partial charge on any atom is 0.416 e. The fraction of sp³-hybridized carbons (Fsp3) is 0.281. The minimum absolute atomic E-state index is 0.310. The Kier molecular flexibility index (Phi) is 8.15. The number of hydrogen-bond donors (Lipinski definition) is 1. The van der Waals surface area contributed by atoms with Crippen LogP contribution in [0.4, 0.5) is 24.7 Å². The summed E-state index contributed by atoms with van der Waals surface area (Å²) < 4.78 is 46.9. The first kappa shape index (κ1) is 28.5. The Bertz CT molecular complexity index is 1650. The molecule has 1 aliphatic rings. The molecule has 0 radical (unpaired) electrons. The molecule has 1 aliphatic heterocycles. The maximum atomic E-state index is 13.1. The molecule has 0 atom stereocenters. The number of benzene rings is 3. The largest absolute Gasteiger partial charge is 0.492 e. The lowest BCUT2D eigenvalue weighted by Gasteiger charge is -2.34. The summed E-state index contributed by atoms with van der Waals surface area (Å²) in [5.74, 6) is 1.86. The molecule has 1 fully saturated rings. The predicted molar refractivity (Wildman–Crippen MR) is 161 cm³/mol. The first-order chi connectivity index (χ1) is 20.8. The van der Waals surface area contributed by atoms with Crippen molar-refractivity contribution in [1.29, 1.82) is 0 Å². The Labute approximate surface area is 247 Å². The van der Waals surface area contributed by atoms with Gasteiger partial charge in [0.1, 0.15) is 17.9 Å². The molecular formula is C32H32F3N7O. The van der Waals surface area contributed by atoms with Crippen LogP contribution in [0.3, 0.4) is 0 Å². The van der Waals surface area contributed by atoms with Gasteiger partial charge in [-0.2, -0.15) is 13.2 Å². The summed E-state index contributed by atoms with van der Waals surface area (Å²) in [5.41, 5.74) is 3.19. The monoisotopic (exact) mass is 587 g/mol. The molecular weight excluding hydrogens is 555 g/mol. The third-order valence-corrected chi connectivity index (χ3v) is 7.50. The number of ether oxygens (including phenoxy) is 1. The van der Waals surface area contributed by atoms with Gasteiger partial charge in [-0.05, 0) is 61.1 Å². The third-order valence-electron chi connectivity index (χ3n) is 7.50. The number of nitrogens with one attached hydrogen (secondary N) is 1. The summed E-state index contributed by atoms with van der Waals surface area (Å²) in [6.07, 6.45) is -2.74. The third kappa shape index (κ3) is 6.72. The number of likely N-dealkylation sites (N-methyl/N-ethyl adjacent to an activating group) is 1. The van der Waals surface area contributed by atoms with Gasteiger partial charge in [0.25, 0.3) is 0 Å². The molecule has 3 aromatic carbocycles. The Balaban J connectivity index is 1.27. The van der Waals surface area contributed by atoms with E-state index < -0.39 is 11.7 Å². The zero-order valence-corrected chi connectivity index (χ0v) is 23.8. The minimum atomic E-state index is -4.38. The molecule has 1 saturated heterocycles. The van der Waals surface area contributed by atoms with Gasteiger partial charge in [-0.15, -0.1) is 0 Å². The topological polar surface area (TPSA) is 71.3 Å². The number of halogens is 3. The minimum Gasteiger partial charge on any atom is -0.492 e. The van der Waals surface area contributed by atoms with E-state index >= 15 is 0 Å². The van der Waals surface area contributed by atoms with Crippen LogP contribution in [0.15, 0.2) is 85.2 Å². The van der Waals surface area contributed by atoms with Crippen molar-refractivity contribution in [2.24, 2.45) is 0 Å². The van der Waals surface area contributed by atoms with Gasteiger partial charge in [-0.3, -0.25) is 0 Å². The number of piperazine rings is 1. The molecule has 0 spiro atoms. The van der Waals surface area contributed by atoms with Gasteiger partial charge in [-0.1, -0.05) is 30.3 Å². The summed E-state index contributed by atoms with van der Waals surface area (Å²) in [6.45, 7) is 5.19. The highest BCUT2D eigenvalue weighted by Gasteiger charge is 2.30. The van der Waals surface area contributed by atoms with Crippen LogP contribution in [0.5, 0.6) is 5.75 Å². The molecule has 0 saturated carbocycles. The summed E-state index contributed by atoms with van der Waals surface area (Å²) >= 11 is 0. The molecule has 5 aromatic rings. The van der Waals surface area contributed by atoms with Crippen LogP contribution in [0.2, 0.25) is 0 Å². The fourth-order valence-corrected chi connectivity index (χ4v) is 5.05. The zero-order chi connectivity index (χ0) is 29.8. The van der Waals surface area contributed by atoms with Crippen LogP contribution < -0.4 is 15.0 Å². The Morgan fingerprint density at radius 1 is 0.860 bits per heavy atom. The number of alkyl halides is 3. The smallest absolute Gasteiger partial charge is 0.416 e. The van der Waals surface area contributed by atoms with Crippen LogP contribution in [0.25, 0.3) is 22.6 Å². The number of anilines is 2. The Morgan fingerprint density at radius 2 is 1.58 bits per heavy atom. The average molecular weight is 588 g/mol. The van der Waals surface area contributed by atoms with Crippen molar-refractivity contribution in [2.45, 2.75) is 12.7 Å². The van der Waals surface area contributed by atoms with Crippen LogP contribution >= 0.6 is 0 Å². The lowest BCUT2D eigenvalue weighted by molar-refractivity contribution is -0.137. The van der Waals surface area contributed by atoms with E-state index in [9.17, 15) is 13.2 Å². The molecule has 43 heavy (non-hydrogen) atoms. The molecule has 0 amide bonds. The van der Waals surface area contributed by atoms with Gasteiger partial charge < -0.3 is 24.4 Å². The van der Waals surface area contributed by atoms with Crippen molar-refractivity contribution in [1.82, 2.24) is 24.4 Å². The van der Waals surface area contributed by atoms with E-state index in [1.807, 2.05) is 47.0 Å². The van der Waals surface area contributed by atoms with Crippen molar-refractivity contribution in [2.75, 3.05) is 56.6 Å². The number of rotatable bonds is 9. The molecule has 0 bridgehead atoms. The highest BCUT2D eigenvalue weighted by molar-refractivity contribution is 5.85. The van der Waals surface area contributed by atoms with Crippen LogP contribution in [0, 0.1) is 0 Å². The normalized spacial score (nSPS) is 14.3. The average Bonchev–Trinajstić information content (AvgIpc) is 3.42. The molecule has 8 nitrogen and oxygen atoms in total. The second-order valence-electron chi connectivity index (χ2n) is 10.6. The summed E-state index contributed by atoms with van der Waals surface area (Å²) in [4.78, 5) is 18.9. The van der Waals surface area contributed by atoms with Crippen LogP contribution in [0.1, 0.15) is 11.1 Å². The number of hydrogen-bond acceptors (Lipinski definition) is 7. The molecule has 1 N–H and O–H groups in total. The zero-order valence-electron chi connectivity index (χ0n) is 23.8. The van der Waals surface area contributed by atoms with E-state index in [0.717, 1.165) is 55.3 Å². The van der Waals surface area contributed by atoms with E-state index in [-0.39, 0.29) is 0 Å². The second kappa shape index (κ2) is 12.3. The van der Waals surface area contributed by atoms with E-state index in [1.165, 1.54) is 12.1 Å². The summed E-state index contributed by atoms with van der Waals surface area (Å²) in [7, 11) is 2.13. The quantitative estimate of drug-likeness (QED) is 0.219. The van der Waals surface area contributed by atoms with Gasteiger partial charge >= 0.3 is 6.18 Å². The summed E-state index contributed by atoms with van der Waals surface area (Å²) in [5, 5.41) is 3.35. The van der Waals surface area contributed by atoms with Gasteiger partial charge in [0.05, 0.1) is 25.0 Å². The lowest BCUT2D eigenvalue weighted by Crippen LogP contribution is -2.44. The van der Waals surface area contributed by atoms with Gasteiger partial charge in [0, 0.05) is 37.4 Å². The number of fused-ring (bicyclic) bond motifs is 1. The molecule has 2 aromatic heterocycles. The highest BCUT2D eigenvalue weighted by atomic mass is 19.4. The maximum absolute atomic E-state index is 13.1. The molecule has 0 unspecified atom stereocenters. The standard InChI is InChI=1S/C32H32F3N7O/c1-40-16-18-41(19-17-40)26-13-9-24(10-14-26)29-38-30(36-15-20-43-27-5-3-2-4-6-27)28-31(39-29)42(22-37-28)21-23-7-11-25(12-8-23)32(33,34)35/h2-14,22H,15-21H2,1H3,(H,36,38,39). The van der Waals surface area contributed by atoms with E-state index in [1.54, 1.807) is 6.33 Å². The number of aromatic nitrogens is 4. The lowest BCUT2D eigenvalue weighted by atomic mass is 10.1. The van der Waals surface area contributed by atoms with Crippen LogP contribution in [-0.2, 0) is 12.7 Å². The van der Waals surface area contributed by atoms with Crippen molar-refractivity contribution in [3.63, 3.8) is 0 Å². The predicted octanol–water partition coefficient (Wildman–Crippen LogP) is 5.80. The van der Waals surface area contributed by atoms with Crippen molar-refractivity contribution in [3.05, 3.63) is 96.3 Å². The van der Waals surface area contributed by atoms with Gasteiger partial charge in [-0.25, -0.2) is 15.0 Å². The second-order valence-corrected chi connectivity index (χ2v) is 10.6. The Hall–Kier alpha value is -4.64. The van der Waals surface area contributed by atoms with Crippen molar-refractivity contribution in [3.8, 4) is 17.1 Å². The van der Waals surface area contributed by atoms with E-state index in [0.29, 0.717) is 48.1 Å². The number of para-hydroxylation sites is 1. The van der Waals surface area contributed by atoms with Crippen LogP contribution in [-0.4, -0.2) is 70.8 Å². The van der Waals surface area contributed by atoms with Crippen molar-refractivity contribution >= 4 is 22.7 Å². The SMILES string of the molecule is CN1CCN(c2ccc(-c3nc(NCCOc4ccccc4)c4ncn(Cc5ccc(C(F)(F)F)cc5)c4n3)cc2)CC1. The number of nitrogens with zero attached hydrogens (tertiary/aromatic N) is 6. The van der Waals surface area contributed by atoms with Gasteiger partial charge in [0.2, 0.25) is 0 Å². The van der Waals surface area contributed by atoms with Crippen molar-refractivity contribution < 1.29 is 17.9 Å². The molecule has 222 valence electrons. The van der Waals surface area contributed by atoms with Gasteiger partial charge in [0.15, 0.2) is 17.3 Å². The summed E-state index contributed by atoms with van der Waals surface area (Å²) in [6, 6.07) is 22.9. The Morgan fingerprint density at radius 3 is 2.28 bits per heavy atom. The number of imidazole rings is 1. The molecule has 11 heteroatoms. The molecule has 0 aliphatic carbocycles.